The minimum atomic E-state index is -0.151. The van der Waals surface area contributed by atoms with Crippen molar-refractivity contribution < 1.29 is 10.2 Å². The van der Waals surface area contributed by atoms with Crippen LogP contribution in [-0.2, 0) is 5.41 Å². The number of benzene rings is 2. The zero-order valence-electron chi connectivity index (χ0n) is 18.0. The van der Waals surface area contributed by atoms with Crippen molar-refractivity contribution in [2.24, 2.45) is 0 Å². The summed E-state index contributed by atoms with van der Waals surface area (Å²) in [5.41, 5.74) is 2.10. The van der Waals surface area contributed by atoms with Crippen molar-refractivity contribution in [2.45, 2.75) is 74.7 Å². The highest BCUT2D eigenvalue weighted by molar-refractivity contribution is 5.41. The Morgan fingerprint density at radius 2 is 0.680 bits per heavy atom. The Kier molecular flexibility index (Phi) is 18.8. The van der Waals surface area contributed by atoms with Crippen LogP contribution in [0.25, 0.3) is 0 Å². The molecule has 2 nitrogen and oxygen atoms in total. The van der Waals surface area contributed by atoms with Crippen molar-refractivity contribution in [3.05, 3.63) is 59.7 Å². The van der Waals surface area contributed by atoms with Gasteiger partial charge < -0.3 is 10.2 Å². The molecule has 2 heteroatoms. The smallest absolute Gasteiger partial charge is 0.115 e. The Morgan fingerprint density at radius 1 is 0.480 bits per heavy atom. The second kappa shape index (κ2) is 16.9. The highest BCUT2D eigenvalue weighted by Crippen LogP contribution is 2.32. The molecule has 2 aromatic rings. The fourth-order valence-corrected chi connectivity index (χ4v) is 1.92. The molecule has 0 aromatic heterocycles. The maximum absolute atomic E-state index is 9.30. The van der Waals surface area contributed by atoms with Gasteiger partial charge in [0.1, 0.15) is 11.5 Å². The molecule has 0 amide bonds. The second-order valence-corrected chi connectivity index (χ2v) is 4.72. The molecule has 0 aliphatic heterocycles. The zero-order chi connectivity index (χ0) is 20.5. The molecule has 2 N–H and O–H groups in total. The van der Waals surface area contributed by atoms with Gasteiger partial charge in [-0.2, -0.15) is 0 Å². The third kappa shape index (κ3) is 9.81. The van der Waals surface area contributed by atoms with Gasteiger partial charge in [-0.25, -0.2) is 0 Å². The second-order valence-electron chi connectivity index (χ2n) is 4.72. The van der Waals surface area contributed by atoms with Gasteiger partial charge in [-0.05, 0) is 35.4 Å². The summed E-state index contributed by atoms with van der Waals surface area (Å²) < 4.78 is 0. The van der Waals surface area contributed by atoms with E-state index in [9.17, 15) is 10.2 Å². The molecule has 25 heavy (non-hydrogen) atoms. The first-order valence-electron chi connectivity index (χ1n) is 9.59. The maximum Gasteiger partial charge on any atom is 0.115 e. The van der Waals surface area contributed by atoms with Crippen LogP contribution < -0.4 is 0 Å². The quantitative estimate of drug-likeness (QED) is 0.589. The van der Waals surface area contributed by atoms with Crippen molar-refractivity contribution in [3.63, 3.8) is 0 Å². The van der Waals surface area contributed by atoms with Crippen LogP contribution in [0.3, 0.4) is 0 Å². The van der Waals surface area contributed by atoms with Crippen LogP contribution in [0.5, 0.6) is 11.5 Å². The summed E-state index contributed by atoms with van der Waals surface area (Å²) in [4.78, 5) is 0. The van der Waals surface area contributed by atoms with Crippen LogP contribution in [0, 0.1) is 0 Å². The van der Waals surface area contributed by atoms with Gasteiger partial charge >= 0.3 is 0 Å². The van der Waals surface area contributed by atoms with E-state index in [1.807, 2.05) is 79.7 Å². The topological polar surface area (TPSA) is 40.5 Å². The van der Waals surface area contributed by atoms with Crippen LogP contribution in [-0.4, -0.2) is 10.2 Å². The number of phenols is 2. The van der Waals surface area contributed by atoms with Gasteiger partial charge in [0.2, 0.25) is 0 Å². The molecule has 0 spiro atoms. The molecule has 0 atom stereocenters. The minimum absolute atomic E-state index is 0.151. The molecule has 144 valence electrons. The molecule has 0 heterocycles. The molecule has 0 saturated carbocycles. The average molecular weight is 349 g/mol. The highest BCUT2D eigenvalue weighted by atomic mass is 16.3. The van der Waals surface area contributed by atoms with Crippen molar-refractivity contribution in [2.75, 3.05) is 0 Å². The minimum Gasteiger partial charge on any atom is -0.508 e. The van der Waals surface area contributed by atoms with E-state index < -0.39 is 0 Å². The van der Waals surface area contributed by atoms with Gasteiger partial charge in [0, 0.05) is 5.41 Å². The fourth-order valence-electron chi connectivity index (χ4n) is 1.92. The van der Waals surface area contributed by atoms with E-state index in [0.29, 0.717) is 0 Å². The summed E-state index contributed by atoms with van der Waals surface area (Å²) in [5.74, 6) is 0.547. The van der Waals surface area contributed by atoms with Gasteiger partial charge in [-0.1, -0.05) is 93.5 Å². The summed E-state index contributed by atoms with van der Waals surface area (Å²) in [6.07, 6.45) is 0. The van der Waals surface area contributed by atoms with Gasteiger partial charge in [0.05, 0.1) is 0 Å². The van der Waals surface area contributed by atoms with E-state index in [0.717, 1.165) is 11.1 Å². The third-order valence-corrected chi connectivity index (χ3v) is 3.18. The summed E-state index contributed by atoms with van der Waals surface area (Å²) in [6.45, 7) is 20.2. The lowest BCUT2D eigenvalue weighted by molar-refractivity contribution is 0.474. The summed E-state index contributed by atoms with van der Waals surface area (Å²) in [5, 5.41) is 18.6. The monoisotopic (exact) mass is 348 g/mol. The molecule has 0 bridgehead atoms. The predicted molar refractivity (Wildman–Crippen MR) is 114 cm³/mol. The largest absolute Gasteiger partial charge is 0.508 e. The average Bonchev–Trinajstić information content (AvgIpc) is 2.69. The van der Waals surface area contributed by atoms with E-state index in [-0.39, 0.29) is 16.9 Å². The first kappa shape index (κ1) is 27.9. The Bertz CT molecular complexity index is 449. The van der Waals surface area contributed by atoms with Gasteiger partial charge in [-0.3, -0.25) is 0 Å². The normalized spacial score (nSPS) is 8.72. The molecule has 0 unspecified atom stereocenters. The molecule has 0 fully saturated rings. The SMILES string of the molecule is CC.CC.CC.CC.CC(C)(c1ccc(O)cc1)c1ccc(O)cc1. The fraction of sp³-hybridized carbons (Fsp3) is 0.478. The maximum atomic E-state index is 9.30. The van der Waals surface area contributed by atoms with E-state index in [4.69, 9.17) is 0 Å². The first-order valence-corrected chi connectivity index (χ1v) is 9.59. The number of phenolic OH excluding ortho intramolecular Hbond substituents is 2. The molecule has 2 aromatic carbocycles. The lowest BCUT2D eigenvalue weighted by atomic mass is 9.78. The third-order valence-electron chi connectivity index (χ3n) is 3.18. The Hall–Kier alpha value is -1.96. The summed E-state index contributed by atoms with van der Waals surface area (Å²) in [7, 11) is 0. The molecule has 2 rings (SSSR count). The van der Waals surface area contributed by atoms with E-state index in [1.54, 1.807) is 24.3 Å². The van der Waals surface area contributed by atoms with Crippen molar-refractivity contribution in [1.29, 1.82) is 0 Å². The molecule has 0 aliphatic rings. The van der Waals surface area contributed by atoms with Crippen LogP contribution in [0.2, 0.25) is 0 Å². The standard InChI is InChI=1S/C15H16O2.4C2H6/c1-15(2,11-3-7-13(16)8-4-11)12-5-9-14(17)10-6-12;4*1-2/h3-10,16-17H,1-2H3;4*1-2H3. The van der Waals surface area contributed by atoms with Crippen LogP contribution in [0.1, 0.15) is 80.4 Å². The molecule has 0 aliphatic carbocycles. The zero-order valence-corrected chi connectivity index (χ0v) is 18.0. The Morgan fingerprint density at radius 3 is 0.880 bits per heavy atom. The number of hydrogen-bond acceptors (Lipinski definition) is 2. The highest BCUT2D eigenvalue weighted by Gasteiger charge is 2.22. The van der Waals surface area contributed by atoms with Gasteiger partial charge in [0.15, 0.2) is 0 Å². The molecule has 0 radical (unpaired) electrons. The molecular weight excluding hydrogens is 308 g/mol. The lowest BCUT2D eigenvalue weighted by Gasteiger charge is -2.26. The predicted octanol–water partition coefficient (Wildman–Crippen LogP) is 7.53. The molecule has 0 saturated heterocycles. The first-order chi connectivity index (χ1) is 12.0. The van der Waals surface area contributed by atoms with Gasteiger partial charge in [-0.15, -0.1) is 0 Å². The van der Waals surface area contributed by atoms with Crippen molar-refractivity contribution in [1.82, 2.24) is 0 Å². The summed E-state index contributed by atoms with van der Waals surface area (Å²) >= 11 is 0. The number of rotatable bonds is 2. The van der Waals surface area contributed by atoms with Gasteiger partial charge in [0.25, 0.3) is 0 Å². The van der Waals surface area contributed by atoms with Crippen LogP contribution >= 0.6 is 0 Å². The van der Waals surface area contributed by atoms with Crippen LogP contribution in [0.4, 0.5) is 0 Å². The van der Waals surface area contributed by atoms with Crippen molar-refractivity contribution in [3.8, 4) is 11.5 Å². The number of hydrogen-bond donors (Lipinski definition) is 2. The molecular formula is C23H40O2. The van der Waals surface area contributed by atoms with E-state index in [1.165, 1.54) is 0 Å². The van der Waals surface area contributed by atoms with Crippen LogP contribution in [0.15, 0.2) is 48.5 Å². The van der Waals surface area contributed by atoms with Crippen molar-refractivity contribution >= 4 is 0 Å². The van der Waals surface area contributed by atoms with E-state index in [2.05, 4.69) is 13.8 Å². The lowest BCUT2D eigenvalue weighted by Crippen LogP contribution is -2.18. The number of aromatic hydroxyl groups is 2. The Balaban J connectivity index is -0.000000533. The summed E-state index contributed by atoms with van der Waals surface area (Å²) in [6, 6.07) is 14.4. The Labute approximate surface area is 156 Å². The van der Waals surface area contributed by atoms with E-state index >= 15 is 0 Å².